The molecule has 5 rings (SSSR count). The van der Waals surface area contributed by atoms with Gasteiger partial charge in [0.25, 0.3) is 5.91 Å². The molecule has 3 aromatic carbocycles. The van der Waals surface area contributed by atoms with Crippen molar-refractivity contribution >= 4 is 11.8 Å². The molecule has 43 heavy (non-hydrogen) atoms. The largest absolute Gasteiger partial charge is 0.416 e. The predicted octanol–water partition coefficient (Wildman–Crippen LogP) is 6.22. The van der Waals surface area contributed by atoms with Crippen LogP contribution in [0.5, 0.6) is 0 Å². The number of amides is 2. The van der Waals surface area contributed by atoms with E-state index in [-0.39, 0.29) is 30.0 Å². The van der Waals surface area contributed by atoms with Gasteiger partial charge >= 0.3 is 6.18 Å². The number of benzene rings is 3. The lowest BCUT2D eigenvalue weighted by atomic mass is 9.84. The summed E-state index contributed by atoms with van der Waals surface area (Å²) < 4.78 is 74.1. The van der Waals surface area contributed by atoms with Crippen molar-refractivity contribution in [1.29, 1.82) is 5.26 Å². The van der Waals surface area contributed by atoms with Gasteiger partial charge in [-0.05, 0) is 78.6 Å². The van der Waals surface area contributed by atoms with E-state index in [4.69, 9.17) is 10.00 Å². The van der Waals surface area contributed by atoms with Gasteiger partial charge in [0.15, 0.2) is 0 Å². The molecule has 5 atom stereocenters. The number of halogens is 5. The normalized spacial score (nSPS) is 22.5. The second-order valence-corrected chi connectivity index (χ2v) is 10.9. The van der Waals surface area contributed by atoms with Gasteiger partial charge in [-0.15, -0.1) is 0 Å². The molecule has 0 saturated carbocycles. The molecular weight excluding hydrogens is 569 g/mol. The topological polar surface area (TPSA) is 82.4 Å². The van der Waals surface area contributed by atoms with Gasteiger partial charge in [-0.25, -0.2) is 8.78 Å². The van der Waals surface area contributed by atoms with E-state index in [1.807, 2.05) is 6.07 Å². The first kappa shape index (κ1) is 30.2. The molecule has 2 aliphatic heterocycles. The SMILES string of the molecule is C[C@@H](O[C@H]1CN2C(=O)CC(NC(=O)c3ccc(C#N)cc3)C[C@H]2C1c1ccc(F)cc1)c1cc(CF)cc(C(F)(F)F)c1. The fourth-order valence-electron chi connectivity index (χ4n) is 6.01. The van der Waals surface area contributed by atoms with E-state index in [1.165, 1.54) is 42.5 Å². The Bertz CT molecular complexity index is 1540. The van der Waals surface area contributed by atoms with Crippen LogP contribution < -0.4 is 5.32 Å². The quantitative estimate of drug-likeness (QED) is 0.328. The third kappa shape index (κ3) is 6.54. The fourth-order valence-corrected chi connectivity index (χ4v) is 6.01. The predicted molar refractivity (Wildman–Crippen MR) is 146 cm³/mol. The number of carbonyl (C=O) groups is 2. The highest BCUT2D eigenvalue weighted by Gasteiger charge is 2.49. The molecule has 0 bridgehead atoms. The second-order valence-electron chi connectivity index (χ2n) is 10.9. The van der Waals surface area contributed by atoms with Gasteiger partial charge < -0.3 is 15.0 Å². The Hall–Kier alpha value is -4.30. The summed E-state index contributed by atoms with van der Waals surface area (Å²) in [5.41, 5.74) is 0.437. The first-order valence-electron chi connectivity index (χ1n) is 13.7. The molecule has 2 aliphatic rings. The van der Waals surface area contributed by atoms with Crippen molar-refractivity contribution in [2.24, 2.45) is 0 Å². The van der Waals surface area contributed by atoms with Gasteiger partial charge in [0, 0.05) is 36.5 Å². The van der Waals surface area contributed by atoms with Crippen molar-refractivity contribution in [2.75, 3.05) is 6.54 Å². The molecule has 6 nitrogen and oxygen atoms in total. The Balaban J connectivity index is 1.40. The second kappa shape index (κ2) is 12.1. The molecule has 1 N–H and O–H groups in total. The van der Waals surface area contributed by atoms with E-state index in [1.54, 1.807) is 24.0 Å². The number of carbonyl (C=O) groups excluding carboxylic acids is 2. The standard InChI is InChI=1S/C32H28F5N3O3/c1-18(23-10-20(15-33)11-24(12-23)32(35,36)37)43-28-17-40-27(30(28)21-6-8-25(34)9-7-21)13-26(14-29(40)41)39-31(42)22-4-2-19(16-38)3-5-22/h2-12,18,26-28,30H,13-15,17H2,1H3,(H,39,42)/t18-,26?,27+,28+,30?/m1/s1. The van der Waals surface area contributed by atoms with Crippen LogP contribution in [0.3, 0.4) is 0 Å². The summed E-state index contributed by atoms with van der Waals surface area (Å²) in [6, 6.07) is 15.9. The number of hydrogen-bond acceptors (Lipinski definition) is 4. The molecule has 2 unspecified atom stereocenters. The molecule has 224 valence electrons. The molecule has 2 heterocycles. The summed E-state index contributed by atoms with van der Waals surface area (Å²) in [6.07, 6.45) is -5.84. The highest BCUT2D eigenvalue weighted by molar-refractivity contribution is 5.95. The van der Waals surface area contributed by atoms with Gasteiger partial charge in [0.2, 0.25) is 5.91 Å². The van der Waals surface area contributed by atoms with Crippen molar-refractivity contribution in [2.45, 2.75) is 62.8 Å². The van der Waals surface area contributed by atoms with Crippen LogP contribution in [0.25, 0.3) is 0 Å². The molecule has 0 radical (unpaired) electrons. The van der Waals surface area contributed by atoms with E-state index in [2.05, 4.69) is 5.32 Å². The molecule has 2 fully saturated rings. The van der Waals surface area contributed by atoms with Crippen molar-refractivity contribution < 1.29 is 36.3 Å². The number of nitrogens with zero attached hydrogens (tertiary/aromatic N) is 2. The minimum atomic E-state index is -4.67. The zero-order valence-corrected chi connectivity index (χ0v) is 23.1. The maximum Gasteiger partial charge on any atom is 0.416 e. The zero-order valence-electron chi connectivity index (χ0n) is 23.1. The summed E-state index contributed by atoms with van der Waals surface area (Å²) in [7, 11) is 0. The number of rotatable bonds is 7. The van der Waals surface area contributed by atoms with E-state index in [9.17, 15) is 31.5 Å². The molecule has 2 amide bonds. The molecule has 3 aromatic rings. The molecule has 0 spiro atoms. The van der Waals surface area contributed by atoms with Gasteiger partial charge in [-0.1, -0.05) is 18.2 Å². The third-order valence-corrected chi connectivity index (χ3v) is 8.07. The van der Waals surface area contributed by atoms with Gasteiger partial charge in [-0.2, -0.15) is 18.4 Å². The Morgan fingerprint density at radius 3 is 2.44 bits per heavy atom. The summed E-state index contributed by atoms with van der Waals surface area (Å²) in [4.78, 5) is 27.9. The highest BCUT2D eigenvalue weighted by Crippen LogP contribution is 2.43. The summed E-state index contributed by atoms with van der Waals surface area (Å²) in [6.45, 7) is 0.630. The highest BCUT2D eigenvalue weighted by atomic mass is 19.4. The monoisotopic (exact) mass is 597 g/mol. The average Bonchev–Trinajstić information content (AvgIpc) is 3.35. The molecule has 2 saturated heterocycles. The smallest absolute Gasteiger partial charge is 0.368 e. The Kier molecular flexibility index (Phi) is 8.51. The van der Waals surface area contributed by atoms with Crippen molar-refractivity contribution in [3.8, 4) is 6.07 Å². The van der Waals surface area contributed by atoms with Crippen LogP contribution in [0.1, 0.15) is 70.0 Å². The number of alkyl halides is 4. The van der Waals surface area contributed by atoms with Crippen molar-refractivity contribution in [3.05, 3.63) is 106 Å². The van der Waals surface area contributed by atoms with Crippen molar-refractivity contribution in [1.82, 2.24) is 10.2 Å². The Morgan fingerprint density at radius 2 is 1.81 bits per heavy atom. The van der Waals surface area contributed by atoms with Crippen LogP contribution in [-0.2, 0) is 22.4 Å². The maximum atomic E-state index is 13.8. The van der Waals surface area contributed by atoms with E-state index < -0.39 is 60.3 Å². The number of nitrogens with one attached hydrogen (secondary N) is 1. The van der Waals surface area contributed by atoms with Crippen LogP contribution in [-0.4, -0.2) is 41.4 Å². The van der Waals surface area contributed by atoms with Crippen LogP contribution in [0.15, 0.2) is 66.7 Å². The minimum absolute atomic E-state index is 0.0322. The Labute approximate surface area is 245 Å². The van der Waals surface area contributed by atoms with E-state index in [0.29, 0.717) is 23.1 Å². The van der Waals surface area contributed by atoms with Crippen LogP contribution in [0, 0.1) is 17.1 Å². The summed E-state index contributed by atoms with van der Waals surface area (Å²) in [5.74, 6) is -1.57. The maximum absolute atomic E-state index is 13.8. The molecule has 0 aromatic heterocycles. The number of hydrogen-bond donors (Lipinski definition) is 1. The number of piperidine rings is 1. The third-order valence-electron chi connectivity index (χ3n) is 8.07. The number of ether oxygens (including phenoxy) is 1. The lowest BCUT2D eigenvalue weighted by Gasteiger charge is -2.37. The summed E-state index contributed by atoms with van der Waals surface area (Å²) >= 11 is 0. The van der Waals surface area contributed by atoms with Gasteiger partial charge in [0.1, 0.15) is 12.5 Å². The first-order valence-corrected chi connectivity index (χ1v) is 13.7. The lowest BCUT2D eigenvalue weighted by molar-refractivity contribution is -0.138. The van der Waals surface area contributed by atoms with Crippen LogP contribution >= 0.6 is 0 Å². The van der Waals surface area contributed by atoms with Gasteiger partial charge in [0.05, 0.1) is 29.4 Å². The summed E-state index contributed by atoms with van der Waals surface area (Å²) in [5, 5.41) is 11.9. The van der Waals surface area contributed by atoms with Gasteiger partial charge in [-0.3, -0.25) is 9.59 Å². The number of nitriles is 1. The number of fused-ring (bicyclic) bond motifs is 1. The zero-order chi connectivity index (χ0) is 30.9. The molecule has 11 heteroatoms. The molecule has 0 aliphatic carbocycles. The first-order chi connectivity index (χ1) is 20.5. The van der Waals surface area contributed by atoms with Crippen molar-refractivity contribution in [3.63, 3.8) is 0 Å². The Morgan fingerprint density at radius 1 is 1.12 bits per heavy atom. The minimum Gasteiger partial charge on any atom is -0.368 e. The van der Waals surface area contributed by atoms with E-state index in [0.717, 1.165) is 12.1 Å². The fraction of sp³-hybridized carbons (Fsp3) is 0.344. The molecular formula is C32H28F5N3O3. The van der Waals surface area contributed by atoms with Crippen LogP contribution in [0.4, 0.5) is 22.0 Å². The average molecular weight is 598 g/mol. The van der Waals surface area contributed by atoms with E-state index >= 15 is 0 Å². The van der Waals surface area contributed by atoms with Crippen LogP contribution in [0.2, 0.25) is 0 Å². The lowest BCUT2D eigenvalue weighted by Crippen LogP contribution is -2.51.